The number of nitrogens with zero attached hydrogens (tertiary/aromatic N) is 2. The van der Waals surface area contributed by atoms with E-state index in [9.17, 15) is 0 Å². The molecule has 166 valence electrons. The third-order valence-corrected chi connectivity index (χ3v) is 13.1. The first-order valence-electron chi connectivity index (χ1n) is 10.6. The van der Waals surface area contributed by atoms with Gasteiger partial charge in [-0.05, 0) is 0 Å². The van der Waals surface area contributed by atoms with Crippen molar-refractivity contribution >= 4 is 8.22 Å². The number of hydrogen-bond acceptors (Lipinski definition) is 3. The Bertz CT molecular complexity index is 370. The molecular weight excluding hydrogens is 466 g/mol. The maximum atomic E-state index is 6.29. The Hall–Kier alpha value is 1.04. The summed E-state index contributed by atoms with van der Waals surface area (Å²) in [4.78, 5) is 0. The Labute approximate surface area is 183 Å². The van der Waals surface area contributed by atoms with Crippen molar-refractivity contribution in [2.45, 2.75) is 120 Å². The quantitative estimate of drug-likeness (QED) is 0.225. The summed E-state index contributed by atoms with van der Waals surface area (Å²) in [6, 6.07) is 2.35. The minimum atomic E-state index is -0.270. The van der Waals surface area contributed by atoms with E-state index in [2.05, 4.69) is 99.3 Å². The molecule has 0 fully saturated rings. The Morgan fingerprint density at radius 2 is 1.11 bits per heavy atom. The summed E-state index contributed by atoms with van der Waals surface area (Å²) in [5, 5.41) is 0. The van der Waals surface area contributed by atoms with Crippen LogP contribution < -0.4 is 21.2 Å². The van der Waals surface area contributed by atoms with Crippen LogP contribution in [0.25, 0.3) is 0 Å². The normalized spacial score (nSPS) is 14.4. The first-order valence-corrected chi connectivity index (χ1v) is 15.1. The van der Waals surface area contributed by atoms with Crippen LogP contribution in [-0.4, -0.2) is 54.3 Å². The summed E-state index contributed by atoms with van der Waals surface area (Å²) in [7, 11) is -0.270. The Kier molecular flexibility index (Phi) is 12.5. The van der Waals surface area contributed by atoms with E-state index in [-0.39, 0.29) is 40.4 Å². The molecule has 0 aliphatic rings. The van der Waals surface area contributed by atoms with Gasteiger partial charge in [-0.15, -0.1) is 0 Å². The van der Waals surface area contributed by atoms with Crippen molar-refractivity contribution in [1.29, 1.82) is 0 Å². The molecular formula is C22H49IN2OP-. The molecule has 0 saturated heterocycles. The Morgan fingerprint density at radius 1 is 0.741 bits per heavy atom. The minimum absolute atomic E-state index is 0.00253. The fraction of sp³-hybridized carbons (Fsp3) is 1.00. The number of ether oxygens (including phenoxy) is 1. The molecule has 0 N–H and O–H groups in total. The number of halogens is 1. The van der Waals surface area contributed by atoms with Gasteiger partial charge in [-0.25, -0.2) is 0 Å². The molecule has 0 aliphatic carbocycles. The predicted octanol–water partition coefficient (Wildman–Crippen LogP) is 3.42. The summed E-state index contributed by atoms with van der Waals surface area (Å²) in [5.74, 6) is 0. The molecule has 3 nitrogen and oxygen atoms in total. The molecule has 0 saturated carbocycles. The van der Waals surface area contributed by atoms with Gasteiger partial charge in [0.15, 0.2) is 0 Å². The third kappa shape index (κ3) is 11.1. The summed E-state index contributed by atoms with van der Waals surface area (Å²) >= 11 is 0.0968. The zero-order valence-electron chi connectivity index (χ0n) is 20.6. The van der Waals surface area contributed by atoms with Crippen LogP contribution in [-0.2, 0) is 4.74 Å². The molecule has 0 radical (unpaired) electrons. The molecule has 5 heteroatoms. The van der Waals surface area contributed by atoms with Crippen molar-refractivity contribution in [3.8, 4) is 0 Å². The van der Waals surface area contributed by atoms with E-state index in [0.29, 0.717) is 24.2 Å². The van der Waals surface area contributed by atoms with Gasteiger partial charge in [0.25, 0.3) is 0 Å². The molecule has 0 aromatic carbocycles. The van der Waals surface area contributed by atoms with Crippen molar-refractivity contribution in [3.05, 3.63) is 0 Å². The van der Waals surface area contributed by atoms with Gasteiger partial charge in [0, 0.05) is 0 Å². The predicted molar refractivity (Wildman–Crippen MR) is 120 cm³/mol. The maximum absolute atomic E-state index is 6.29. The zero-order chi connectivity index (χ0) is 21.6. The van der Waals surface area contributed by atoms with Gasteiger partial charge in [-0.3, -0.25) is 0 Å². The molecule has 0 aromatic heterocycles. The van der Waals surface area contributed by atoms with Crippen LogP contribution in [0.5, 0.6) is 0 Å². The van der Waals surface area contributed by atoms with Crippen LogP contribution in [0.15, 0.2) is 0 Å². The van der Waals surface area contributed by atoms with E-state index < -0.39 is 0 Å². The molecule has 0 heterocycles. The molecule has 0 atom stereocenters. The van der Waals surface area contributed by atoms with Crippen LogP contribution in [0.3, 0.4) is 0 Å². The van der Waals surface area contributed by atoms with Crippen LogP contribution in [0.1, 0.15) is 90.0 Å². The molecule has 0 spiro atoms. The van der Waals surface area contributed by atoms with Crippen molar-refractivity contribution in [1.82, 2.24) is 9.34 Å². The first-order chi connectivity index (χ1) is 12.1. The third-order valence-electron chi connectivity index (χ3n) is 4.15. The van der Waals surface area contributed by atoms with Gasteiger partial charge in [0.05, 0.1) is 0 Å². The van der Waals surface area contributed by atoms with Crippen LogP contribution >= 0.6 is 8.22 Å². The summed E-state index contributed by atoms with van der Waals surface area (Å²) in [5.41, 5.74) is 0.239. The average Bonchev–Trinajstić information content (AvgIpc) is 2.42. The fourth-order valence-corrected chi connectivity index (χ4v) is 11.8. The SMILES string of the molecule is CC(C)N(C(C)C)P(C[I-]CC(C)(C)OCC(C)(C)C)N(C(C)C)C(C)C. The second kappa shape index (κ2) is 12.0. The van der Waals surface area contributed by atoms with Crippen molar-refractivity contribution in [3.63, 3.8) is 0 Å². The van der Waals surface area contributed by atoms with E-state index in [1.807, 2.05) is 0 Å². The van der Waals surface area contributed by atoms with Gasteiger partial charge in [-0.1, -0.05) is 0 Å². The number of rotatable bonds is 12. The summed E-state index contributed by atoms with van der Waals surface area (Å²) in [6.45, 7) is 31.1. The molecule has 27 heavy (non-hydrogen) atoms. The molecule has 0 bridgehead atoms. The van der Waals surface area contributed by atoms with Crippen molar-refractivity contribution < 1.29 is 25.9 Å². The molecule has 0 rings (SSSR count). The molecule has 0 amide bonds. The molecule has 0 aliphatic heterocycles. The number of alkyl halides is 2. The fourth-order valence-electron chi connectivity index (χ4n) is 3.30. The second-order valence-electron chi connectivity index (χ2n) is 10.6. The topological polar surface area (TPSA) is 15.7 Å². The Morgan fingerprint density at radius 3 is 1.41 bits per heavy atom. The van der Waals surface area contributed by atoms with E-state index >= 15 is 0 Å². The molecule has 0 aromatic rings. The van der Waals surface area contributed by atoms with Crippen LogP contribution in [0.2, 0.25) is 0 Å². The van der Waals surface area contributed by atoms with E-state index in [0.717, 1.165) is 6.61 Å². The van der Waals surface area contributed by atoms with Crippen molar-refractivity contribution in [2.75, 3.05) is 15.2 Å². The summed E-state index contributed by atoms with van der Waals surface area (Å²) < 4.78 is 14.5. The van der Waals surface area contributed by atoms with E-state index in [1.165, 1.54) is 8.60 Å². The van der Waals surface area contributed by atoms with Gasteiger partial charge in [0.1, 0.15) is 0 Å². The van der Waals surface area contributed by atoms with Gasteiger partial charge < -0.3 is 0 Å². The summed E-state index contributed by atoms with van der Waals surface area (Å²) in [6.07, 6.45) is 0. The van der Waals surface area contributed by atoms with E-state index in [4.69, 9.17) is 4.74 Å². The standard InChI is InChI=1S/C22H49IN2OP/c1-17(2)24(18(3)4)27(25(19(5)6)20(7)8)16-23-14-22(12,13)26-15-21(9,10)11/h17-20H,14-16H2,1-13H3/q-1. The first kappa shape index (κ1) is 28.0. The van der Waals surface area contributed by atoms with Gasteiger partial charge >= 0.3 is 184 Å². The Balaban J connectivity index is 5.20. The average molecular weight is 516 g/mol. The molecule has 0 unspecified atom stereocenters. The van der Waals surface area contributed by atoms with Crippen molar-refractivity contribution in [2.24, 2.45) is 5.41 Å². The van der Waals surface area contributed by atoms with Crippen LogP contribution in [0, 0.1) is 5.41 Å². The van der Waals surface area contributed by atoms with E-state index in [1.54, 1.807) is 0 Å². The van der Waals surface area contributed by atoms with Crippen LogP contribution in [0.4, 0.5) is 0 Å². The monoisotopic (exact) mass is 515 g/mol. The number of hydrogen-bond donors (Lipinski definition) is 0. The second-order valence-corrected chi connectivity index (χ2v) is 16.4. The zero-order valence-corrected chi connectivity index (χ0v) is 23.6. The van der Waals surface area contributed by atoms with Gasteiger partial charge in [0.2, 0.25) is 0 Å². The van der Waals surface area contributed by atoms with Gasteiger partial charge in [-0.2, -0.15) is 0 Å².